The molecule has 0 aliphatic heterocycles. The Bertz CT molecular complexity index is 632. The van der Waals surface area contributed by atoms with Crippen molar-refractivity contribution in [2.24, 2.45) is 0 Å². The number of nitrogens with zero attached hydrogens (tertiary/aromatic N) is 1. The fraction of sp³-hybridized carbons (Fsp3) is 0.167. The predicted molar refractivity (Wildman–Crippen MR) is 64.6 cm³/mol. The van der Waals surface area contributed by atoms with Gasteiger partial charge in [-0.25, -0.2) is 4.98 Å². The molecule has 1 N–H and O–H groups in total. The van der Waals surface area contributed by atoms with Crippen LogP contribution in [0.2, 0.25) is 0 Å². The SMILES string of the molecule is Cc1cnc(=S)[nH]c1-c1ccccc1C(F)(F)F. The molecule has 18 heavy (non-hydrogen) atoms. The highest BCUT2D eigenvalue weighted by Gasteiger charge is 2.33. The summed E-state index contributed by atoms with van der Waals surface area (Å²) in [6, 6.07) is 5.38. The van der Waals surface area contributed by atoms with Crippen LogP contribution >= 0.6 is 12.2 Å². The van der Waals surface area contributed by atoms with Crippen molar-refractivity contribution in [2.45, 2.75) is 13.1 Å². The molecule has 1 heterocycles. The van der Waals surface area contributed by atoms with Crippen LogP contribution in [0.1, 0.15) is 11.1 Å². The molecule has 2 rings (SSSR count). The van der Waals surface area contributed by atoms with Crippen LogP contribution in [0.4, 0.5) is 13.2 Å². The first kappa shape index (κ1) is 12.8. The maximum absolute atomic E-state index is 12.9. The number of hydrogen-bond donors (Lipinski definition) is 1. The van der Waals surface area contributed by atoms with Crippen LogP contribution < -0.4 is 0 Å². The van der Waals surface area contributed by atoms with Gasteiger partial charge in [0.15, 0.2) is 4.77 Å². The van der Waals surface area contributed by atoms with Crippen molar-refractivity contribution in [2.75, 3.05) is 0 Å². The fourth-order valence-corrected chi connectivity index (χ4v) is 1.84. The summed E-state index contributed by atoms with van der Waals surface area (Å²) in [6.07, 6.45) is -2.94. The van der Waals surface area contributed by atoms with Gasteiger partial charge in [-0.2, -0.15) is 13.2 Å². The molecule has 0 saturated heterocycles. The van der Waals surface area contributed by atoms with Gasteiger partial charge in [0.25, 0.3) is 0 Å². The summed E-state index contributed by atoms with van der Waals surface area (Å²) in [5.74, 6) is 0. The van der Waals surface area contributed by atoms with E-state index in [0.717, 1.165) is 6.07 Å². The Kier molecular flexibility index (Phi) is 3.21. The van der Waals surface area contributed by atoms with Crippen molar-refractivity contribution in [3.05, 3.63) is 46.4 Å². The second kappa shape index (κ2) is 4.53. The smallest absolute Gasteiger partial charge is 0.330 e. The summed E-state index contributed by atoms with van der Waals surface area (Å²) >= 11 is 4.85. The molecule has 2 aromatic rings. The van der Waals surface area contributed by atoms with Crippen molar-refractivity contribution >= 4 is 12.2 Å². The second-order valence-electron chi connectivity index (χ2n) is 3.79. The Morgan fingerprint density at radius 2 is 1.89 bits per heavy atom. The van der Waals surface area contributed by atoms with Crippen LogP contribution in [0.15, 0.2) is 30.5 Å². The Labute approximate surface area is 107 Å². The molecular formula is C12H9F3N2S. The molecule has 6 heteroatoms. The number of halogens is 3. The largest absolute Gasteiger partial charge is 0.417 e. The molecular weight excluding hydrogens is 261 g/mol. The van der Waals surface area contributed by atoms with E-state index in [-0.39, 0.29) is 10.3 Å². The topological polar surface area (TPSA) is 28.7 Å². The normalized spacial score (nSPS) is 11.6. The first-order valence-corrected chi connectivity index (χ1v) is 5.53. The zero-order valence-corrected chi connectivity index (χ0v) is 10.2. The molecule has 1 aromatic carbocycles. The highest BCUT2D eigenvalue weighted by atomic mass is 32.1. The maximum atomic E-state index is 12.9. The Morgan fingerprint density at radius 1 is 1.22 bits per heavy atom. The third-order valence-corrected chi connectivity index (χ3v) is 2.71. The van der Waals surface area contributed by atoms with Crippen molar-refractivity contribution in [3.63, 3.8) is 0 Å². The number of benzene rings is 1. The number of hydrogen-bond acceptors (Lipinski definition) is 2. The minimum Gasteiger partial charge on any atom is -0.330 e. The molecule has 0 radical (unpaired) electrons. The molecule has 0 amide bonds. The minimum atomic E-state index is -4.40. The number of alkyl halides is 3. The van der Waals surface area contributed by atoms with Gasteiger partial charge in [-0.1, -0.05) is 18.2 Å². The first-order chi connectivity index (χ1) is 8.39. The molecule has 0 unspecified atom stereocenters. The van der Waals surface area contributed by atoms with E-state index in [0.29, 0.717) is 11.3 Å². The van der Waals surface area contributed by atoms with E-state index in [1.807, 2.05) is 0 Å². The monoisotopic (exact) mass is 270 g/mol. The molecule has 0 aliphatic rings. The standard InChI is InChI=1S/C12H9F3N2S/c1-7-6-16-11(18)17-10(7)8-4-2-3-5-9(8)12(13,14)15/h2-6H,1H3,(H,16,17,18). The minimum absolute atomic E-state index is 0.0796. The molecule has 2 nitrogen and oxygen atoms in total. The average molecular weight is 270 g/mol. The summed E-state index contributed by atoms with van der Waals surface area (Å²) in [4.78, 5) is 6.54. The quantitative estimate of drug-likeness (QED) is 0.789. The van der Waals surface area contributed by atoms with Gasteiger partial charge in [0.1, 0.15) is 0 Å². The molecule has 0 spiro atoms. The van der Waals surface area contributed by atoms with Crippen LogP contribution in [0.25, 0.3) is 11.3 Å². The lowest BCUT2D eigenvalue weighted by Crippen LogP contribution is -2.08. The third-order valence-electron chi connectivity index (χ3n) is 2.50. The van der Waals surface area contributed by atoms with Gasteiger partial charge in [0, 0.05) is 11.8 Å². The molecule has 94 valence electrons. The van der Waals surface area contributed by atoms with Crippen molar-refractivity contribution in [1.29, 1.82) is 0 Å². The number of aryl methyl sites for hydroxylation is 1. The van der Waals surface area contributed by atoms with Gasteiger partial charge in [-0.05, 0) is 30.8 Å². The summed E-state index contributed by atoms with van der Waals surface area (Å²) < 4.78 is 38.9. The van der Waals surface area contributed by atoms with E-state index in [4.69, 9.17) is 12.2 Å². The highest BCUT2D eigenvalue weighted by molar-refractivity contribution is 7.71. The van der Waals surface area contributed by atoms with Crippen LogP contribution in [0, 0.1) is 11.7 Å². The molecule has 0 bridgehead atoms. The Morgan fingerprint density at radius 3 is 2.56 bits per heavy atom. The van der Waals surface area contributed by atoms with E-state index in [2.05, 4.69) is 9.97 Å². The van der Waals surface area contributed by atoms with Crippen LogP contribution in [-0.4, -0.2) is 9.97 Å². The lowest BCUT2D eigenvalue weighted by molar-refractivity contribution is -0.137. The third kappa shape index (κ3) is 2.43. The van der Waals surface area contributed by atoms with E-state index in [9.17, 15) is 13.2 Å². The van der Waals surface area contributed by atoms with Gasteiger partial charge in [0.05, 0.1) is 11.3 Å². The van der Waals surface area contributed by atoms with E-state index >= 15 is 0 Å². The van der Waals surface area contributed by atoms with Crippen LogP contribution in [0.3, 0.4) is 0 Å². The van der Waals surface area contributed by atoms with E-state index < -0.39 is 11.7 Å². The van der Waals surface area contributed by atoms with Gasteiger partial charge in [0.2, 0.25) is 0 Å². The van der Waals surface area contributed by atoms with Crippen LogP contribution in [-0.2, 0) is 6.18 Å². The van der Waals surface area contributed by atoms with Gasteiger partial charge >= 0.3 is 6.18 Å². The zero-order valence-electron chi connectivity index (χ0n) is 9.38. The maximum Gasteiger partial charge on any atom is 0.417 e. The van der Waals surface area contributed by atoms with Gasteiger partial charge < -0.3 is 4.98 Å². The molecule has 0 fully saturated rings. The lowest BCUT2D eigenvalue weighted by atomic mass is 10.0. The fourth-order valence-electron chi connectivity index (χ4n) is 1.69. The molecule has 0 atom stereocenters. The number of aromatic amines is 1. The number of aromatic nitrogens is 2. The summed E-state index contributed by atoms with van der Waals surface area (Å²) in [6.45, 7) is 1.68. The van der Waals surface area contributed by atoms with E-state index in [1.165, 1.54) is 18.3 Å². The van der Waals surface area contributed by atoms with Gasteiger partial charge in [-0.3, -0.25) is 0 Å². The van der Waals surface area contributed by atoms with Crippen molar-refractivity contribution in [3.8, 4) is 11.3 Å². The Hall–Kier alpha value is -1.69. The van der Waals surface area contributed by atoms with Gasteiger partial charge in [-0.15, -0.1) is 0 Å². The van der Waals surface area contributed by atoms with Crippen molar-refractivity contribution in [1.82, 2.24) is 9.97 Å². The molecule has 1 aromatic heterocycles. The average Bonchev–Trinajstić information content (AvgIpc) is 2.31. The second-order valence-corrected chi connectivity index (χ2v) is 4.18. The number of rotatable bonds is 1. The summed E-state index contributed by atoms with van der Waals surface area (Å²) in [7, 11) is 0. The summed E-state index contributed by atoms with van der Waals surface area (Å²) in [5, 5.41) is 0. The zero-order chi connectivity index (χ0) is 13.3. The molecule has 0 saturated carbocycles. The summed E-state index contributed by atoms with van der Waals surface area (Å²) in [5.41, 5.74) is 0.351. The highest BCUT2D eigenvalue weighted by Crippen LogP contribution is 2.36. The number of nitrogens with one attached hydrogen (secondary N) is 1. The lowest BCUT2D eigenvalue weighted by Gasteiger charge is -2.13. The number of H-pyrrole nitrogens is 1. The predicted octanol–water partition coefficient (Wildman–Crippen LogP) is 4.13. The first-order valence-electron chi connectivity index (χ1n) is 5.12. The molecule has 0 aliphatic carbocycles. The van der Waals surface area contributed by atoms with Crippen molar-refractivity contribution < 1.29 is 13.2 Å². The Balaban J connectivity index is 2.72. The van der Waals surface area contributed by atoms with E-state index in [1.54, 1.807) is 13.0 Å². The van der Waals surface area contributed by atoms with Crippen LogP contribution in [0.5, 0.6) is 0 Å².